The van der Waals surface area contributed by atoms with Crippen molar-refractivity contribution in [1.29, 1.82) is 0 Å². The van der Waals surface area contributed by atoms with E-state index in [1.807, 2.05) is 30.3 Å². The summed E-state index contributed by atoms with van der Waals surface area (Å²) in [5, 5.41) is 4.70. The molecule has 0 spiro atoms. The molecule has 0 unspecified atom stereocenters. The first-order valence-corrected chi connectivity index (χ1v) is 15.3. The Balaban J connectivity index is 1.14. The fraction of sp³-hybridized carbons (Fsp3) is 0.0714. The minimum atomic E-state index is -0.160. The smallest absolute Gasteiger partial charge is 0.187 e. The molecule has 7 aromatic carbocycles. The molecule has 45 heavy (non-hydrogen) atoms. The lowest BCUT2D eigenvalue weighted by atomic mass is 9.81. The van der Waals surface area contributed by atoms with Crippen LogP contribution in [0.4, 0.5) is 5.69 Å². The summed E-state index contributed by atoms with van der Waals surface area (Å²) in [5.41, 5.74) is 14.0. The monoisotopic (exact) mass is 573 g/mol. The van der Waals surface area contributed by atoms with Crippen molar-refractivity contribution < 1.29 is 0 Å². The molecule has 0 atom stereocenters. The number of fused-ring (bicyclic) bond motifs is 8. The van der Waals surface area contributed by atoms with Gasteiger partial charge in [0.2, 0.25) is 0 Å². The van der Waals surface area contributed by atoms with Crippen molar-refractivity contribution in [3.05, 3.63) is 150 Å². The van der Waals surface area contributed by atoms with Crippen LogP contribution in [0.2, 0.25) is 0 Å². The van der Waals surface area contributed by atoms with Crippen molar-refractivity contribution in [1.82, 2.24) is 9.97 Å². The molecule has 0 N–H and O–H groups in total. The second kappa shape index (κ2) is 9.32. The van der Waals surface area contributed by atoms with Gasteiger partial charge in [0.15, 0.2) is 5.69 Å². The summed E-state index contributed by atoms with van der Waals surface area (Å²) in [6.07, 6.45) is 0. The lowest BCUT2D eigenvalue weighted by Gasteiger charge is -2.22. The summed E-state index contributed by atoms with van der Waals surface area (Å²) < 4.78 is 0. The van der Waals surface area contributed by atoms with Crippen LogP contribution in [0.15, 0.2) is 127 Å². The molecular weight excluding hydrogens is 546 g/mol. The van der Waals surface area contributed by atoms with E-state index in [1.165, 1.54) is 55.1 Å². The molecule has 0 aliphatic heterocycles. The van der Waals surface area contributed by atoms with Crippen LogP contribution >= 0.6 is 0 Å². The molecule has 0 saturated heterocycles. The van der Waals surface area contributed by atoms with Crippen molar-refractivity contribution >= 4 is 49.3 Å². The maximum Gasteiger partial charge on any atom is 0.187 e. The Morgan fingerprint density at radius 3 is 1.89 bits per heavy atom. The van der Waals surface area contributed by atoms with Crippen molar-refractivity contribution in [2.75, 3.05) is 0 Å². The fourth-order valence-corrected chi connectivity index (χ4v) is 7.26. The Morgan fingerprint density at radius 1 is 0.511 bits per heavy atom. The van der Waals surface area contributed by atoms with Gasteiger partial charge in [-0.1, -0.05) is 105 Å². The third-order valence-corrected chi connectivity index (χ3v) is 9.62. The summed E-state index contributed by atoms with van der Waals surface area (Å²) >= 11 is 0. The molecule has 8 aromatic rings. The zero-order chi connectivity index (χ0) is 30.3. The molecule has 1 aliphatic carbocycles. The summed E-state index contributed by atoms with van der Waals surface area (Å²) in [7, 11) is 0. The maximum atomic E-state index is 7.49. The summed E-state index contributed by atoms with van der Waals surface area (Å²) in [6.45, 7) is 12.0. The highest BCUT2D eigenvalue weighted by Crippen LogP contribution is 2.50. The highest BCUT2D eigenvalue weighted by Gasteiger charge is 2.35. The third-order valence-electron chi connectivity index (χ3n) is 9.62. The zero-order valence-corrected chi connectivity index (χ0v) is 25.0. The SMILES string of the molecule is [C-]#[N+]c1ccc2c(c1)C(C)(C)c1cc(-c3ccc4cc(-c5cc6nc7ccccc7nc6c6ccccc56)ccc4c3)ccc1-2. The van der Waals surface area contributed by atoms with E-state index in [9.17, 15) is 0 Å². The predicted octanol–water partition coefficient (Wildman–Crippen LogP) is 11.3. The third kappa shape index (κ3) is 3.83. The second-order valence-corrected chi connectivity index (χ2v) is 12.6. The Hall–Kier alpha value is -5.85. The largest absolute Gasteiger partial charge is 0.244 e. The van der Waals surface area contributed by atoms with Crippen LogP contribution in [-0.2, 0) is 5.41 Å². The molecule has 1 aromatic heterocycles. The Labute approximate surface area is 261 Å². The number of nitrogens with zero attached hydrogens (tertiary/aromatic N) is 3. The molecule has 3 heteroatoms. The number of para-hydroxylation sites is 2. The Morgan fingerprint density at radius 2 is 1.11 bits per heavy atom. The van der Waals surface area contributed by atoms with E-state index < -0.39 is 0 Å². The molecule has 0 fully saturated rings. The number of rotatable bonds is 2. The number of hydrogen-bond acceptors (Lipinski definition) is 2. The second-order valence-electron chi connectivity index (χ2n) is 12.6. The van der Waals surface area contributed by atoms with Gasteiger partial charge in [-0.2, -0.15) is 0 Å². The predicted molar refractivity (Wildman–Crippen MR) is 187 cm³/mol. The van der Waals surface area contributed by atoms with Crippen LogP contribution in [-0.4, -0.2) is 9.97 Å². The van der Waals surface area contributed by atoms with Gasteiger partial charge in [-0.25, -0.2) is 14.8 Å². The van der Waals surface area contributed by atoms with E-state index in [4.69, 9.17) is 16.5 Å². The first-order chi connectivity index (χ1) is 22.0. The summed E-state index contributed by atoms with van der Waals surface area (Å²) in [5.74, 6) is 0. The van der Waals surface area contributed by atoms with Crippen LogP contribution in [0, 0.1) is 6.57 Å². The molecule has 3 nitrogen and oxygen atoms in total. The Kier molecular flexibility index (Phi) is 5.31. The van der Waals surface area contributed by atoms with Gasteiger partial charge in [-0.3, -0.25) is 0 Å². The van der Waals surface area contributed by atoms with Crippen LogP contribution in [0.25, 0.3) is 81.8 Å². The van der Waals surface area contributed by atoms with Crippen molar-refractivity contribution in [3.8, 4) is 33.4 Å². The lowest BCUT2D eigenvalue weighted by Crippen LogP contribution is -2.14. The lowest BCUT2D eigenvalue weighted by molar-refractivity contribution is 0.661. The van der Waals surface area contributed by atoms with Crippen molar-refractivity contribution in [2.24, 2.45) is 0 Å². The van der Waals surface area contributed by atoms with Crippen LogP contribution in [0.1, 0.15) is 25.0 Å². The topological polar surface area (TPSA) is 30.1 Å². The van der Waals surface area contributed by atoms with E-state index in [0.717, 1.165) is 33.0 Å². The quantitative estimate of drug-likeness (QED) is 0.117. The van der Waals surface area contributed by atoms with Gasteiger partial charge in [0.1, 0.15) is 0 Å². The van der Waals surface area contributed by atoms with E-state index in [0.29, 0.717) is 5.69 Å². The summed E-state index contributed by atoms with van der Waals surface area (Å²) in [6, 6.07) is 45.2. The molecule has 0 saturated carbocycles. The average Bonchev–Trinajstić information content (AvgIpc) is 3.31. The Bertz CT molecular complexity index is 2590. The van der Waals surface area contributed by atoms with E-state index in [-0.39, 0.29) is 5.41 Å². The van der Waals surface area contributed by atoms with E-state index >= 15 is 0 Å². The standard InChI is InChI=1S/C42H27N3/c1-42(2)36-22-28(16-18-32(36)33-19-17-30(43-3)23-37(33)42)26-12-13-27-21-29(15-14-25(27)20-26)35-24-40-41(34-9-5-4-8-31(34)35)45-39-11-7-6-10-38(39)44-40/h4-24H,1-2H3. The number of benzene rings is 7. The molecular formula is C42H27N3. The molecule has 9 rings (SSSR count). The van der Waals surface area contributed by atoms with Crippen molar-refractivity contribution in [3.63, 3.8) is 0 Å². The van der Waals surface area contributed by atoms with Gasteiger partial charge < -0.3 is 0 Å². The van der Waals surface area contributed by atoms with Crippen LogP contribution in [0.5, 0.6) is 0 Å². The average molecular weight is 574 g/mol. The molecule has 0 radical (unpaired) electrons. The van der Waals surface area contributed by atoms with Gasteiger partial charge in [0, 0.05) is 10.8 Å². The molecule has 0 bridgehead atoms. The first kappa shape index (κ1) is 25.6. The number of hydrogen-bond donors (Lipinski definition) is 0. The minimum Gasteiger partial charge on any atom is -0.244 e. The van der Waals surface area contributed by atoms with Crippen LogP contribution in [0.3, 0.4) is 0 Å². The summed E-state index contributed by atoms with van der Waals surface area (Å²) in [4.78, 5) is 13.7. The van der Waals surface area contributed by atoms with Gasteiger partial charge in [-0.05, 0) is 97.1 Å². The fourth-order valence-electron chi connectivity index (χ4n) is 7.26. The van der Waals surface area contributed by atoms with E-state index in [2.05, 4.69) is 116 Å². The zero-order valence-electron chi connectivity index (χ0n) is 25.0. The highest BCUT2D eigenvalue weighted by atomic mass is 14.8. The minimum absolute atomic E-state index is 0.160. The first-order valence-electron chi connectivity index (χ1n) is 15.3. The molecule has 1 heterocycles. The molecule has 0 amide bonds. The van der Waals surface area contributed by atoms with Crippen molar-refractivity contribution in [2.45, 2.75) is 19.3 Å². The van der Waals surface area contributed by atoms with Gasteiger partial charge in [-0.15, -0.1) is 0 Å². The van der Waals surface area contributed by atoms with Gasteiger partial charge in [0.25, 0.3) is 0 Å². The van der Waals surface area contributed by atoms with Gasteiger partial charge in [0.05, 0.1) is 28.6 Å². The maximum absolute atomic E-state index is 7.49. The normalized spacial score (nSPS) is 13.3. The highest BCUT2D eigenvalue weighted by molar-refractivity contribution is 6.13. The molecule has 210 valence electrons. The van der Waals surface area contributed by atoms with Crippen LogP contribution < -0.4 is 0 Å². The van der Waals surface area contributed by atoms with E-state index in [1.54, 1.807) is 0 Å². The molecule has 1 aliphatic rings. The van der Waals surface area contributed by atoms with Gasteiger partial charge >= 0.3 is 0 Å². The number of aromatic nitrogens is 2.